The lowest BCUT2D eigenvalue weighted by Crippen LogP contribution is -2.44. The lowest BCUT2D eigenvalue weighted by molar-refractivity contribution is -0.167. The molecule has 0 saturated carbocycles. The minimum Gasteiger partial charge on any atom is -0.481 e. The van der Waals surface area contributed by atoms with Crippen LogP contribution in [-0.4, -0.2) is 22.2 Å². The van der Waals surface area contributed by atoms with Gasteiger partial charge in [-0.15, -0.1) is 0 Å². The second-order valence-corrected chi connectivity index (χ2v) is 3.86. The molecule has 70 valence electrons. The minimum absolute atomic E-state index is 1.10. The Bertz CT molecular complexity index is 191. The highest BCUT2D eigenvalue weighted by molar-refractivity contribution is 5.85. The molecule has 0 fully saturated rings. The van der Waals surface area contributed by atoms with Crippen LogP contribution in [0.1, 0.15) is 27.7 Å². The first kappa shape index (κ1) is 10.9. The Hall–Kier alpha value is -1.06. The van der Waals surface area contributed by atoms with Crippen LogP contribution >= 0.6 is 0 Å². The molecule has 0 atom stereocenters. The molecular weight excluding hydrogens is 160 g/mol. The van der Waals surface area contributed by atoms with Crippen molar-refractivity contribution in [2.75, 3.05) is 0 Å². The van der Waals surface area contributed by atoms with Gasteiger partial charge in [0.1, 0.15) is 0 Å². The molecule has 0 rings (SSSR count). The number of carbonyl (C=O) groups is 2. The predicted octanol–water partition coefficient (Wildman–Crippen LogP) is 1.21. The Balaban J connectivity index is 5.01. The van der Waals surface area contributed by atoms with Crippen molar-refractivity contribution in [1.29, 1.82) is 0 Å². The first-order valence-corrected chi connectivity index (χ1v) is 3.61. The van der Waals surface area contributed by atoms with Gasteiger partial charge in [-0.05, 0) is 27.7 Å². The maximum absolute atomic E-state index is 10.7. The zero-order valence-electron chi connectivity index (χ0n) is 7.71. The van der Waals surface area contributed by atoms with Crippen LogP contribution in [0.25, 0.3) is 0 Å². The molecule has 0 saturated heterocycles. The van der Waals surface area contributed by atoms with Crippen LogP contribution < -0.4 is 0 Å². The molecule has 0 bridgehead atoms. The summed E-state index contributed by atoms with van der Waals surface area (Å²) >= 11 is 0. The summed E-state index contributed by atoms with van der Waals surface area (Å²) in [5.41, 5.74) is -2.53. The predicted molar refractivity (Wildman–Crippen MR) is 42.8 cm³/mol. The number of rotatable bonds is 3. The van der Waals surface area contributed by atoms with E-state index in [0.29, 0.717) is 0 Å². The first-order valence-electron chi connectivity index (χ1n) is 3.61. The second kappa shape index (κ2) is 2.77. The van der Waals surface area contributed by atoms with Crippen molar-refractivity contribution in [1.82, 2.24) is 0 Å². The lowest BCUT2D eigenvalue weighted by Gasteiger charge is -2.33. The van der Waals surface area contributed by atoms with Crippen LogP contribution in [0.3, 0.4) is 0 Å². The van der Waals surface area contributed by atoms with Crippen LogP contribution in [0.2, 0.25) is 0 Å². The van der Waals surface area contributed by atoms with Gasteiger partial charge in [0.15, 0.2) is 0 Å². The van der Waals surface area contributed by atoms with Crippen molar-refractivity contribution in [3.8, 4) is 0 Å². The zero-order valence-corrected chi connectivity index (χ0v) is 7.71. The molecule has 0 radical (unpaired) electrons. The molecule has 0 aliphatic heterocycles. The summed E-state index contributed by atoms with van der Waals surface area (Å²) in [6, 6.07) is 0. The molecule has 0 spiro atoms. The Morgan fingerprint density at radius 3 is 1.08 bits per heavy atom. The first-order chi connectivity index (χ1) is 5.14. The Kier molecular flexibility index (Phi) is 2.52. The molecule has 12 heavy (non-hydrogen) atoms. The van der Waals surface area contributed by atoms with Crippen LogP contribution in [0.15, 0.2) is 0 Å². The van der Waals surface area contributed by atoms with Gasteiger partial charge in [0.2, 0.25) is 0 Å². The molecule has 0 aliphatic rings. The number of hydrogen-bond donors (Lipinski definition) is 2. The fourth-order valence-corrected chi connectivity index (χ4v) is 0.535. The van der Waals surface area contributed by atoms with Gasteiger partial charge in [-0.1, -0.05) is 0 Å². The van der Waals surface area contributed by atoms with Crippen LogP contribution in [0.4, 0.5) is 0 Å². The third kappa shape index (κ3) is 1.42. The molecule has 0 heterocycles. The summed E-state index contributed by atoms with van der Waals surface area (Å²) in [7, 11) is 0. The van der Waals surface area contributed by atoms with Crippen LogP contribution in [0.5, 0.6) is 0 Å². The van der Waals surface area contributed by atoms with E-state index in [1.54, 1.807) is 0 Å². The van der Waals surface area contributed by atoms with Crippen molar-refractivity contribution in [3.05, 3.63) is 0 Å². The van der Waals surface area contributed by atoms with E-state index in [1.165, 1.54) is 27.7 Å². The van der Waals surface area contributed by atoms with Gasteiger partial charge in [-0.2, -0.15) is 0 Å². The van der Waals surface area contributed by atoms with E-state index >= 15 is 0 Å². The molecule has 2 N–H and O–H groups in total. The summed E-state index contributed by atoms with van der Waals surface area (Å²) in [6.45, 7) is 5.62. The zero-order chi connectivity index (χ0) is 10.2. The number of carboxylic acids is 2. The smallest absolute Gasteiger partial charge is 0.310 e. The Labute approximate surface area is 71.2 Å². The Morgan fingerprint density at radius 1 is 0.833 bits per heavy atom. The van der Waals surface area contributed by atoms with Crippen molar-refractivity contribution in [2.45, 2.75) is 27.7 Å². The molecule has 4 heteroatoms. The van der Waals surface area contributed by atoms with Crippen LogP contribution in [0, 0.1) is 10.8 Å². The summed E-state index contributed by atoms with van der Waals surface area (Å²) in [4.78, 5) is 21.4. The van der Waals surface area contributed by atoms with Gasteiger partial charge in [-0.25, -0.2) is 0 Å². The third-order valence-corrected chi connectivity index (χ3v) is 2.63. The van der Waals surface area contributed by atoms with Gasteiger partial charge in [-0.3, -0.25) is 9.59 Å². The van der Waals surface area contributed by atoms with Gasteiger partial charge in [0.05, 0.1) is 10.8 Å². The molecule has 4 nitrogen and oxygen atoms in total. The lowest BCUT2D eigenvalue weighted by atomic mass is 9.68. The normalized spacial score (nSPS) is 12.7. The van der Waals surface area contributed by atoms with Crippen molar-refractivity contribution in [2.24, 2.45) is 10.8 Å². The maximum Gasteiger partial charge on any atom is 0.310 e. The monoisotopic (exact) mass is 174 g/mol. The van der Waals surface area contributed by atoms with Crippen molar-refractivity contribution >= 4 is 11.9 Å². The SMILES string of the molecule is CC(C)(C(=O)O)C(C)(C)C(=O)O. The maximum atomic E-state index is 10.7. The summed E-state index contributed by atoms with van der Waals surface area (Å²) in [5.74, 6) is -2.20. The van der Waals surface area contributed by atoms with E-state index in [9.17, 15) is 9.59 Å². The van der Waals surface area contributed by atoms with Gasteiger partial charge >= 0.3 is 11.9 Å². The summed E-state index contributed by atoms with van der Waals surface area (Å²) in [6.07, 6.45) is 0. The topological polar surface area (TPSA) is 74.6 Å². The largest absolute Gasteiger partial charge is 0.481 e. The molecule has 0 amide bonds. The molecular formula is C8H14O4. The van der Waals surface area contributed by atoms with E-state index in [0.717, 1.165) is 0 Å². The van der Waals surface area contributed by atoms with Gasteiger partial charge < -0.3 is 10.2 Å². The average molecular weight is 174 g/mol. The number of aliphatic carboxylic acids is 2. The summed E-state index contributed by atoms with van der Waals surface area (Å²) < 4.78 is 0. The van der Waals surface area contributed by atoms with Crippen LogP contribution in [-0.2, 0) is 9.59 Å². The van der Waals surface area contributed by atoms with E-state index < -0.39 is 22.8 Å². The molecule has 0 aromatic carbocycles. The van der Waals surface area contributed by atoms with E-state index in [1.807, 2.05) is 0 Å². The molecule has 0 aromatic rings. The standard InChI is InChI=1S/C8H14O4/c1-7(2,5(9)10)8(3,4)6(11)12/h1-4H3,(H,9,10)(H,11,12). The van der Waals surface area contributed by atoms with Gasteiger partial charge in [0.25, 0.3) is 0 Å². The molecule has 0 aliphatic carbocycles. The summed E-state index contributed by atoms with van der Waals surface area (Å²) in [5, 5.41) is 17.5. The van der Waals surface area contributed by atoms with Crippen molar-refractivity contribution in [3.63, 3.8) is 0 Å². The Morgan fingerprint density at radius 2 is 1.00 bits per heavy atom. The van der Waals surface area contributed by atoms with E-state index in [4.69, 9.17) is 10.2 Å². The quantitative estimate of drug-likeness (QED) is 0.674. The number of carboxylic acid groups (broad SMARTS) is 2. The van der Waals surface area contributed by atoms with Crippen molar-refractivity contribution < 1.29 is 19.8 Å². The van der Waals surface area contributed by atoms with E-state index in [-0.39, 0.29) is 0 Å². The highest BCUT2D eigenvalue weighted by atomic mass is 16.4. The fraction of sp³-hybridized carbons (Fsp3) is 0.750. The second-order valence-electron chi connectivity index (χ2n) is 3.86. The highest BCUT2D eigenvalue weighted by Gasteiger charge is 2.48. The highest BCUT2D eigenvalue weighted by Crippen LogP contribution is 2.38. The van der Waals surface area contributed by atoms with E-state index in [2.05, 4.69) is 0 Å². The average Bonchev–Trinajstić information content (AvgIpc) is 1.86. The van der Waals surface area contributed by atoms with Gasteiger partial charge in [0, 0.05) is 0 Å². The minimum atomic E-state index is -1.27. The fourth-order valence-electron chi connectivity index (χ4n) is 0.535. The third-order valence-electron chi connectivity index (χ3n) is 2.63. The number of hydrogen-bond acceptors (Lipinski definition) is 2. The molecule has 0 aromatic heterocycles. The molecule has 0 unspecified atom stereocenters.